The number of carbonyl (C=O) groups excluding carboxylic acids is 1. The molecule has 0 fully saturated rings. The van der Waals surface area contributed by atoms with E-state index in [0.29, 0.717) is 27.8 Å². The van der Waals surface area contributed by atoms with Crippen LogP contribution in [0.15, 0.2) is 41.2 Å². The van der Waals surface area contributed by atoms with Crippen LogP contribution in [0.1, 0.15) is 0 Å². The summed E-state index contributed by atoms with van der Waals surface area (Å²) in [7, 11) is 3.00. The number of thiazole rings is 1. The van der Waals surface area contributed by atoms with Crippen molar-refractivity contribution in [3.63, 3.8) is 0 Å². The molecule has 0 bridgehead atoms. The van der Waals surface area contributed by atoms with Gasteiger partial charge in [-0.2, -0.15) is 0 Å². The van der Waals surface area contributed by atoms with Crippen molar-refractivity contribution in [1.82, 2.24) is 4.57 Å². The van der Waals surface area contributed by atoms with Crippen molar-refractivity contribution >= 4 is 39.1 Å². The number of hydrogen-bond donors (Lipinski definition) is 0. The third-order valence-corrected chi connectivity index (χ3v) is 4.76. The Bertz CT molecular complexity index is 994. The quantitative estimate of drug-likeness (QED) is 0.502. The van der Waals surface area contributed by atoms with E-state index in [1.54, 1.807) is 30.3 Å². The first-order chi connectivity index (χ1) is 12.0. The van der Waals surface area contributed by atoms with Gasteiger partial charge in [0.15, 0.2) is 11.5 Å². The molecule has 3 rings (SSSR count). The van der Waals surface area contributed by atoms with E-state index in [0.717, 1.165) is 16.0 Å². The first-order valence-corrected chi connectivity index (χ1v) is 8.43. The van der Waals surface area contributed by atoms with Gasteiger partial charge in [-0.3, -0.25) is 9.36 Å². The Balaban J connectivity index is 1.84. The van der Waals surface area contributed by atoms with Crippen LogP contribution < -0.4 is 19.1 Å². The van der Waals surface area contributed by atoms with Gasteiger partial charge in [0.1, 0.15) is 12.3 Å². The molecule has 2 aromatic carbocycles. The lowest BCUT2D eigenvalue weighted by atomic mass is 10.3. The standard InChI is InChI=1S/C17H14ClNO5S/c1-22-12-7-6-10(8-13(12)23-2)24-15(20)9-19-16-11(18)4-3-5-14(16)25-17(19)21/h3-8H,9H2,1-2H3. The lowest BCUT2D eigenvalue weighted by Gasteiger charge is -2.10. The summed E-state index contributed by atoms with van der Waals surface area (Å²) >= 11 is 7.19. The Hall–Kier alpha value is -2.51. The van der Waals surface area contributed by atoms with Crippen molar-refractivity contribution in [3.8, 4) is 17.2 Å². The third-order valence-electron chi connectivity index (χ3n) is 3.51. The number of fused-ring (bicyclic) bond motifs is 1. The maximum absolute atomic E-state index is 12.2. The number of para-hydroxylation sites is 1. The van der Waals surface area contributed by atoms with Crippen molar-refractivity contribution in [2.75, 3.05) is 14.2 Å². The summed E-state index contributed by atoms with van der Waals surface area (Å²) in [5.74, 6) is 0.665. The second-order valence-corrected chi connectivity index (χ2v) is 6.43. The summed E-state index contributed by atoms with van der Waals surface area (Å²) in [6, 6.07) is 9.96. The van der Waals surface area contributed by atoms with E-state index in [2.05, 4.69) is 0 Å². The first kappa shape index (κ1) is 17.3. The number of nitrogens with zero attached hydrogens (tertiary/aromatic N) is 1. The number of ether oxygens (including phenoxy) is 3. The fourth-order valence-corrected chi connectivity index (χ4v) is 3.65. The van der Waals surface area contributed by atoms with Gasteiger partial charge in [-0.25, -0.2) is 4.79 Å². The number of halogens is 1. The monoisotopic (exact) mass is 379 g/mol. The minimum atomic E-state index is -0.589. The molecule has 0 saturated carbocycles. The normalized spacial score (nSPS) is 10.7. The van der Waals surface area contributed by atoms with E-state index in [4.69, 9.17) is 25.8 Å². The van der Waals surface area contributed by atoms with E-state index in [1.165, 1.54) is 24.9 Å². The number of methoxy groups -OCH3 is 2. The lowest BCUT2D eigenvalue weighted by Crippen LogP contribution is -2.22. The van der Waals surface area contributed by atoms with Crippen molar-refractivity contribution in [2.24, 2.45) is 0 Å². The molecule has 0 N–H and O–H groups in total. The minimum absolute atomic E-state index is 0.239. The molecule has 1 aromatic heterocycles. The summed E-state index contributed by atoms with van der Waals surface area (Å²) in [6.45, 7) is -0.239. The lowest BCUT2D eigenvalue weighted by molar-refractivity contribution is -0.135. The molecule has 0 aliphatic rings. The van der Waals surface area contributed by atoms with Gasteiger partial charge in [-0.05, 0) is 24.3 Å². The number of esters is 1. The molecule has 0 unspecified atom stereocenters. The number of benzene rings is 2. The molecule has 1 heterocycles. The SMILES string of the molecule is COc1ccc(OC(=O)Cn2c(=O)sc3cccc(Cl)c32)cc1OC. The number of carbonyl (C=O) groups is 1. The van der Waals surface area contributed by atoms with E-state index in [-0.39, 0.29) is 11.4 Å². The summed E-state index contributed by atoms with van der Waals surface area (Å²) in [4.78, 5) is 24.1. The fraction of sp³-hybridized carbons (Fsp3) is 0.176. The predicted octanol–water partition coefficient (Wildman–Crippen LogP) is 3.34. The molecule has 0 spiro atoms. The van der Waals surface area contributed by atoms with Gasteiger partial charge < -0.3 is 14.2 Å². The van der Waals surface area contributed by atoms with E-state index < -0.39 is 5.97 Å². The Kier molecular flexibility index (Phi) is 4.96. The van der Waals surface area contributed by atoms with Crippen molar-refractivity contribution in [2.45, 2.75) is 6.54 Å². The molecule has 0 atom stereocenters. The maximum Gasteiger partial charge on any atom is 0.331 e. The third kappa shape index (κ3) is 3.47. The predicted molar refractivity (Wildman–Crippen MR) is 96.3 cm³/mol. The molecule has 130 valence electrons. The van der Waals surface area contributed by atoms with Crippen LogP contribution in [0.3, 0.4) is 0 Å². The number of hydrogen-bond acceptors (Lipinski definition) is 6. The van der Waals surface area contributed by atoms with Gasteiger partial charge in [0.05, 0.1) is 29.5 Å². The maximum atomic E-state index is 12.2. The summed E-state index contributed by atoms with van der Waals surface area (Å²) in [5, 5.41) is 0.412. The van der Waals surface area contributed by atoms with Crippen molar-refractivity contribution in [1.29, 1.82) is 0 Å². The van der Waals surface area contributed by atoms with Gasteiger partial charge in [-0.1, -0.05) is 29.0 Å². The van der Waals surface area contributed by atoms with Gasteiger partial charge in [-0.15, -0.1) is 0 Å². The van der Waals surface area contributed by atoms with Crippen LogP contribution in [0, 0.1) is 0 Å². The molecule has 0 amide bonds. The van der Waals surface area contributed by atoms with Crippen LogP contribution in [0.5, 0.6) is 17.2 Å². The highest BCUT2D eigenvalue weighted by Crippen LogP contribution is 2.31. The summed E-state index contributed by atoms with van der Waals surface area (Å²) in [5.41, 5.74) is 0.531. The van der Waals surface area contributed by atoms with Crippen molar-refractivity contribution < 1.29 is 19.0 Å². The smallest absolute Gasteiger partial charge is 0.331 e. The average Bonchev–Trinajstić information content (AvgIpc) is 2.91. The van der Waals surface area contributed by atoms with Gasteiger partial charge in [0, 0.05) is 6.07 Å². The molecule has 3 aromatic rings. The fourth-order valence-electron chi connectivity index (χ4n) is 2.40. The van der Waals surface area contributed by atoms with Crippen LogP contribution in [-0.2, 0) is 11.3 Å². The first-order valence-electron chi connectivity index (χ1n) is 7.24. The molecule has 8 heteroatoms. The highest BCUT2D eigenvalue weighted by molar-refractivity contribution is 7.16. The number of aromatic nitrogens is 1. The number of rotatable bonds is 5. The van der Waals surface area contributed by atoms with E-state index in [1.807, 2.05) is 0 Å². The second kappa shape index (κ2) is 7.16. The molecule has 0 aliphatic heterocycles. The average molecular weight is 380 g/mol. The van der Waals surface area contributed by atoms with Gasteiger partial charge in [0.2, 0.25) is 0 Å². The van der Waals surface area contributed by atoms with Gasteiger partial charge >= 0.3 is 10.8 Å². The summed E-state index contributed by atoms with van der Waals surface area (Å²) in [6.07, 6.45) is 0. The zero-order valence-electron chi connectivity index (χ0n) is 13.4. The second-order valence-electron chi connectivity index (χ2n) is 5.03. The van der Waals surface area contributed by atoms with Crippen LogP contribution in [-0.4, -0.2) is 24.8 Å². The Morgan fingerprint density at radius 3 is 2.64 bits per heavy atom. The molecular formula is C17H14ClNO5S. The van der Waals surface area contributed by atoms with E-state index >= 15 is 0 Å². The Labute approximate surface area is 152 Å². The molecular weight excluding hydrogens is 366 g/mol. The highest BCUT2D eigenvalue weighted by Gasteiger charge is 2.16. The molecule has 6 nitrogen and oxygen atoms in total. The van der Waals surface area contributed by atoms with Crippen LogP contribution in [0.4, 0.5) is 0 Å². The molecule has 0 aliphatic carbocycles. The summed E-state index contributed by atoms with van der Waals surface area (Å²) < 4.78 is 17.6. The van der Waals surface area contributed by atoms with Crippen LogP contribution >= 0.6 is 22.9 Å². The van der Waals surface area contributed by atoms with Crippen LogP contribution in [0.25, 0.3) is 10.2 Å². The zero-order valence-corrected chi connectivity index (χ0v) is 15.0. The minimum Gasteiger partial charge on any atom is -0.493 e. The van der Waals surface area contributed by atoms with Gasteiger partial charge in [0.25, 0.3) is 0 Å². The highest BCUT2D eigenvalue weighted by atomic mass is 35.5. The topological polar surface area (TPSA) is 66.8 Å². The Morgan fingerprint density at radius 2 is 1.92 bits per heavy atom. The van der Waals surface area contributed by atoms with E-state index in [9.17, 15) is 9.59 Å². The largest absolute Gasteiger partial charge is 0.493 e. The zero-order chi connectivity index (χ0) is 18.0. The Morgan fingerprint density at radius 1 is 1.16 bits per heavy atom. The molecule has 0 radical (unpaired) electrons. The van der Waals surface area contributed by atoms with Crippen molar-refractivity contribution in [3.05, 3.63) is 51.1 Å². The van der Waals surface area contributed by atoms with Crippen LogP contribution in [0.2, 0.25) is 5.02 Å². The molecule has 0 saturated heterocycles. The molecule has 25 heavy (non-hydrogen) atoms.